The molecule has 0 saturated carbocycles. The third-order valence-corrected chi connectivity index (χ3v) is 9.35. The van der Waals surface area contributed by atoms with Crippen LogP contribution in [0.1, 0.15) is 24.4 Å². The van der Waals surface area contributed by atoms with Crippen LogP contribution in [0, 0.1) is 23.3 Å². The Balaban J connectivity index is 1.38. The number of anilines is 1. The number of hydrogen-bond acceptors (Lipinski definition) is 7. The highest BCUT2D eigenvalue weighted by Crippen LogP contribution is 2.42. The summed E-state index contributed by atoms with van der Waals surface area (Å²) in [6.45, 7) is -1.02. The summed E-state index contributed by atoms with van der Waals surface area (Å²) >= 11 is 0. The van der Waals surface area contributed by atoms with Gasteiger partial charge in [0.15, 0.2) is 28.9 Å². The molecule has 0 unspecified atom stereocenters. The monoisotopic (exact) mass is 666 g/mol. The molecule has 0 aliphatic carbocycles. The lowest BCUT2D eigenvalue weighted by Crippen LogP contribution is -2.42. The standard InChI is InChI=1S/C29H21F7N6O3S/c30-21-20(29(34,35)36)26(24(33)23(32)22(21)31)46(43,44)41-12-4-5-16(13-41)42-28-19(27(37)38-14-39-28)25(40-42)15-8-10-18(11-9-15)45-17-6-2-1-3-7-17/h1-3,6-11,14,16H,4-5,12-13H2,(H2,37,38,39)/t16-/m1/s1. The average molecular weight is 667 g/mol. The number of fused-ring (bicyclic) bond motifs is 1. The van der Waals surface area contributed by atoms with Gasteiger partial charge in [-0.3, -0.25) is 0 Å². The summed E-state index contributed by atoms with van der Waals surface area (Å²) in [6.07, 6.45) is -4.47. The number of para-hydroxylation sites is 1. The molecule has 3 heterocycles. The molecule has 2 aromatic heterocycles. The second-order valence-corrected chi connectivity index (χ2v) is 12.2. The van der Waals surface area contributed by atoms with Crippen LogP contribution in [-0.4, -0.2) is 45.6 Å². The highest BCUT2D eigenvalue weighted by atomic mass is 32.2. The number of rotatable bonds is 6. The number of halogens is 7. The van der Waals surface area contributed by atoms with Gasteiger partial charge in [-0.15, -0.1) is 0 Å². The fraction of sp³-hybridized carbons (Fsp3) is 0.207. The molecule has 0 amide bonds. The van der Waals surface area contributed by atoms with Crippen LogP contribution in [0.3, 0.4) is 0 Å². The van der Waals surface area contributed by atoms with Crippen molar-refractivity contribution in [3.63, 3.8) is 0 Å². The molecule has 17 heteroatoms. The van der Waals surface area contributed by atoms with Gasteiger partial charge in [-0.25, -0.2) is 40.6 Å². The van der Waals surface area contributed by atoms with E-state index in [1.807, 2.05) is 18.2 Å². The van der Waals surface area contributed by atoms with Gasteiger partial charge in [0.1, 0.15) is 39.8 Å². The van der Waals surface area contributed by atoms with Crippen molar-refractivity contribution < 1.29 is 43.9 Å². The molecule has 1 saturated heterocycles. The highest BCUT2D eigenvalue weighted by Gasteiger charge is 2.48. The molecule has 0 bridgehead atoms. The van der Waals surface area contributed by atoms with Crippen molar-refractivity contribution in [3.05, 3.63) is 89.8 Å². The molecule has 2 N–H and O–H groups in total. The van der Waals surface area contributed by atoms with E-state index in [0.29, 0.717) is 32.4 Å². The van der Waals surface area contributed by atoms with E-state index in [4.69, 9.17) is 10.5 Å². The van der Waals surface area contributed by atoms with Gasteiger partial charge in [-0.2, -0.15) is 22.6 Å². The summed E-state index contributed by atoms with van der Waals surface area (Å²) in [7, 11) is -5.57. The van der Waals surface area contributed by atoms with Crippen LogP contribution in [0.5, 0.6) is 11.5 Å². The number of aromatic nitrogens is 4. The minimum Gasteiger partial charge on any atom is -0.457 e. The Hall–Kier alpha value is -4.77. The van der Waals surface area contributed by atoms with Crippen LogP contribution in [0.15, 0.2) is 65.8 Å². The van der Waals surface area contributed by atoms with Gasteiger partial charge in [0.2, 0.25) is 10.0 Å². The summed E-state index contributed by atoms with van der Waals surface area (Å²) < 4.78 is 133. The fourth-order valence-corrected chi connectivity index (χ4v) is 7.11. The fourth-order valence-electron chi connectivity index (χ4n) is 5.33. The van der Waals surface area contributed by atoms with Gasteiger partial charge in [0, 0.05) is 18.7 Å². The van der Waals surface area contributed by atoms with Gasteiger partial charge in [0.05, 0.1) is 11.4 Å². The molecule has 1 fully saturated rings. The Morgan fingerprint density at radius 1 is 0.870 bits per heavy atom. The molecular weight excluding hydrogens is 645 g/mol. The van der Waals surface area contributed by atoms with Crippen LogP contribution in [0.25, 0.3) is 22.3 Å². The second-order valence-electron chi connectivity index (χ2n) is 10.3. The van der Waals surface area contributed by atoms with Crippen LogP contribution >= 0.6 is 0 Å². The van der Waals surface area contributed by atoms with Crippen LogP contribution < -0.4 is 10.5 Å². The van der Waals surface area contributed by atoms with E-state index in [-0.39, 0.29) is 24.3 Å². The van der Waals surface area contributed by atoms with Gasteiger partial charge >= 0.3 is 6.18 Å². The Morgan fingerprint density at radius 2 is 1.52 bits per heavy atom. The molecule has 5 aromatic rings. The molecule has 6 rings (SSSR count). The van der Waals surface area contributed by atoms with Crippen molar-refractivity contribution >= 4 is 26.9 Å². The molecule has 9 nitrogen and oxygen atoms in total. The quantitative estimate of drug-likeness (QED) is 0.126. The lowest BCUT2D eigenvalue weighted by molar-refractivity contribution is -0.143. The van der Waals surface area contributed by atoms with Crippen LogP contribution in [-0.2, 0) is 16.2 Å². The lowest BCUT2D eigenvalue weighted by atomic mass is 10.1. The number of hydrogen-bond donors (Lipinski definition) is 1. The van der Waals surface area contributed by atoms with Crippen LogP contribution in [0.4, 0.5) is 36.6 Å². The summed E-state index contributed by atoms with van der Waals surface area (Å²) in [6, 6.07) is 14.8. The summed E-state index contributed by atoms with van der Waals surface area (Å²) in [5.41, 5.74) is 4.41. The van der Waals surface area contributed by atoms with Gasteiger partial charge in [-0.05, 0) is 49.2 Å². The molecule has 1 aliphatic rings. The van der Waals surface area contributed by atoms with Crippen molar-refractivity contribution in [2.75, 3.05) is 18.8 Å². The topological polar surface area (TPSA) is 116 Å². The van der Waals surface area contributed by atoms with Crippen molar-refractivity contribution in [3.8, 4) is 22.8 Å². The van der Waals surface area contributed by atoms with Crippen molar-refractivity contribution in [1.82, 2.24) is 24.1 Å². The maximum Gasteiger partial charge on any atom is 0.420 e. The number of sulfonamides is 1. The summed E-state index contributed by atoms with van der Waals surface area (Å²) in [4.78, 5) is 5.92. The molecule has 240 valence electrons. The predicted molar refractivity (Wildman–Crippen MR) is 150 cm³/mol. The zero-order chi connectivity index (χ0) is 33.0. The zero-order valence-corrected chi connectivity index (χ0v) is 24.1. The zero-order valence-electron chi connectivity index (χ0n) is 23.3. The smallest absolute Gasteiger partial charge is 0.420 e. The van der Waals surface area contributed by atoms with E-state index in [1.165, 1.54) is 4.68 Å². The number of ether oxygens (including phenoxy) is 1. The Labute approximate surface area is 256 Å². The number of nitrogen functional groups attached to an aromatic ring is 1. The first-order valence-corrected chi connectivity index (χ1v) is 15.0. The third kappa shape index (κ3) is 5.38. The molecular formula is C29H21F7N6O3S. The van der Waals surface area contributed by atoms with Crippen molar-refractivity contribution in [1.29, 1.82) is 0 Å². The van der Waals surface area contributed by atoms with E-state index < -0.39 is 69.1 Å². The first-order chi connectivity index (χ1) is 21.8. The first-order valence-electron chi connectivity index (χ1n) is 13.5. The summed E-state index contributed by atoms with van der Waals surface area (Å²) in [5, 5.41) is 4.91. The van der Waals surface area contributed by atoms with E-state index >= 15 is 0 Å². The minimum atomic E-state index is -5.87. The normalized spacial score (nSPS) is 16.2. The van der Waals surface area contributed by atoms with Crippen molar-refractivity contribution in [2.24, 2.45) is 0 Å². The number of nitrogens with two attached hydrogens (primary N) is 1. The van der Waals surface area contributed by atoms with Gasteiger partial charge in [0.25, 0.3) is 0 Å². The Bertz CT molecular complexity index is 2060. The van der Waals surface area contributed by atoms with Crippen molar-refractivity contribution in [2.45, 2.75) is 30.0 Å². The van der Waals surface area contributed by atoms with Gasteiger partial charge in [-0.1, -0.05) is 18.2 Å². The maximum atomic E-state index is 14.8. The summed E-state index contributed by atoms with van der Waals surface area (Å²) in [5.74, 6) is -9.87. The third-order valence-electron chi connectivity index (χ3n) is 7.44. The number of benzene rings is 3. The molecule has 1 aliphatic heterocycles. The molecule has 0 spiro atoms. The van der Waals surface area contributed by atoms with Crippen LogP contribution in [0.2, 0.25) is 0 Å². The van der Waals surface area contributed by atoms with Gasteiger partial charge < -0.3 is 10.5 Å². The Kier molecular flexibility index (Phi) is 7.84. The van der Waals surface area contributed by atoms with E-state index in [2.05, 4.69) is 15.1 Å². The second kappa shape index (κ2) is 11.5. The predicted octanol–water partition coefficient (Wildman–Crippen LogP) is 6.47. The minimum absolute atomic E-state index is 0.0296. The highest BCUT2D eigenvalue weighted by molar-refractivity contribution is 7.89. The number of alkyl halides is 3. The maximum absolute atomic E-state index is 14.8. The lowest BCUT2D eigenvalue weighted by Gasteiger charge is -2.32. The van der Waals surface area contributed by atoms with E-state index in [1.54, 1.807) is 36.4 Å². The first kappa shape index (κ1) is 31.2. The van der Waals surface area contributed by atoms with E-state index in [9.17, 15) is 39.2 Å². The largest absolute Gasteiger partial charge is 0.457 e. The number of nitrogens with zero attached hydrogens (tertiary/aromatic N) is 5. The van der Waals surface area contributed by atoms with E-state index in [0.717, 1.165) is 6.33 Å². The molecule has 1 atom stereocenters. The average Bonchev–Trinajstić information content (AvgIpc) is 3.43. The molecule has 0 radical (unpaired) electrons. The molecule has 46 heavy (non-hydrogen) atoms. The Morgan fingerprint density at radius 3 is 2.20 bits per heavy atom. The SMILES string of the molecule is Nc1ncnc2c1c(-c1ccc(Oc3ccccc3)cc1)nn2[C@@H]1CCCN(S(=O)(=O)c2c(F)c(F)c(F)c(F)c2C(F)(F)F)C1. The molecule has 3 aromatic carbocycles. The number of piperidine rings is 1.